The van der Waals surface area contributed by atoms with E-state index in [1.54, 1.807) is 0 Å². The molecule has 4 N–H and O–H groups in total. The fraction of sp³-hybridized carbons (Fsp3) is 0.583. The molecule has 3 rings (SSSR count). The van der Waals surface area contributed by atoms with Crippen molar-refractivity contribution in [2.24, 2.45) is 5.84 Å². The molecule has 1 atom stereocenters. The van der Waals surface area contributed by atoms with E-state index in [9.17, 15) is 4.79 Å². The maximum atomic E-state index is 11.6. The molecule has 2 amide bonds. The van der Waals surface area contributed by atoms with E-state index in [2.05, 4.69) is 25.6 Å². The van der Waals surface area contributed by atoms with Crippen LogP contribution < -0.4 is 21.5 Å². The lowest BCUT2D eigenvalue weighted by Gasteiger charge is -2.37. The molecule has 8 nitrogen and oxygen atoms in total. The molecule has 1 aromatic heterocycles. The fourth-order valence-corrected chi connectivity index (χ4v) is 2.86. The molecule has 3 heterocycles. The highest BCUT2D eigenvalue weighted by Crippen LogP contribution is 2.26. The van der Waals surface area contributed by atoms with Crippen LogP contribution in [0.3, 0.4) is 0 Å². The summed E-state index contributed by atoms with van der Waals surface area (Å²) in [5.41, 5.74) is 3.55. The summed E-state index contributed by atoms with van der Waals surface area (Å²) in [7, 11) is 0. The van der Waals surface area contributed by atoms with Gasteiger partial charge in [-0.1, -0.05) is 0 Å². The molecule has 2 saturated heterocycles. The Bertz CT molecular complexity index is 547. The van der Waals surface area contributed by atoms with E-state index < -0.39 is 0 Å². The van der Waals surface area contributed by atoms with E-state index >= 15 is 0 Å². The highest BCUT2D eigenvalue weighted by atomic mass is 16.2. The number of fused-ring (bicyclic) bond motifs is 1. The number of aryl methyl sites for hydroxylation is 1. The van der Waals surface area contributed by atoms with Gasteiger partial charge in [0.1, 0.15) is 17.5 Å². The Hall–Kier alpha value is -2.09. The number of amides is 2. The number of carbonyl (C=O) groups is 1. The van der Waals surface area contributed by atoms with Gasteiger partial charge in [0.15, 0.2) is 0 Å². The zero-order valence-electron chi connectivity index (χ0n) is 11.7. The van der Waals surface area contributed by atoms with E-state index in [4.69, 9.17) is 5.84 Å². The van der Waals surface area contributed by atoms with Crippen LogP contribution in [-0.2, 0) is 0 Å². The van der Waals surface area contributed by atoms with Crippen molar-refractivity contribution in [3.63, 3.8) is 0 Å². The molecule has 1 unspecified atom stereocenters. The van der Waals surface area contributed by atoms with Gasteiger partial charge in [-0.15, -0.1) is 0 Å². The molecule has 0 saturated carbocycles. The van der Waals surface area contributed by atoms with Gasteiger partial charge in [-0.05, 0) is 13.8 Å². The molecular formula is C12H19N7O. The van der Waals surface area contributed by atoms with Crippen LogP contribution in [0.2, 0.25) is 0 Å². The molecule has 0 aliphatic carbocycles. The SMILES string of the molecule is Cc1nc(NN)c(C)c(N2CCN3C(=O)NCC3C2)n1. The van der Waals surface area contributed by atoms with Crippen molar-refractivity contribution >= 4 is 17.7 Å². The first-order valence-electron chi connectivity index (χ1n) is 6.71. The average Bonchev–Trinajstić information content (AvgIpc) is 2.82. The second kappa shape index (κ2) is 4.78. The first-order chi connectivity index (χ1) is 9.60. The molecule has 108 valence electrons. The highest BCUT2D eigenvalue weighted by molar-refractivity contribution is 5.77. The third-order valence-electron chi connectivity index (χ3n) is 3.90. The van der Waals surface area contributed by atoms with E-state index in [0.29, 0.717) is 24.7 Å². The van der Waals surface area contributed by atoms with E-state index in [1.807, 2.05) is 18.7 Å². The summed E-state index contributed by atoms with van der Waals surface area (Å²) in [5, 5.41) is 2.88. The highest BCUT2D eigenvalue weighted by Gasteiger charge is 2.36. The molecule has 20 heavy (non-hydrogen) atoms. The van der Waals surface area contributed by atoms with Gasteiger partial charge >= 0.3 is 6.03 Å². The quantitative estimate of drug-likeness (QED) is 0.502. The molecule has 1 aromatic rings. The van der Waals surface area contributed by atoms with Crippen molar-refractivity contribution in [2.45, 2.75) is 19.9 Å². The van der Waals surface area contributed by atoms with Crippen molar-refractivity contribution in [3.05, 3.63) is 11.4 Å². The average molecular weight is 277 g/mol. The molecule has 0 aromatic carbocycles. The monoisotopic (exact) mass is 277 g/mol. The first kappa shape index (κ1) is 12.9. The van der Waals surface area contributed by atoms with E-state index in [-0.39, 0.29) is 12.1 Å². The van der Waals surface area contributed by atoms with Crippen molar-refractivity contribution in [2.75, 3.05) is 36.5 Å². The predicted molar refractivity (Wildman–Crippen MR) is 75.4 cm³/mol. The Kier molecular flexibility index (Phi) is 3.09. The smallest absolute Gasteiger partial charge is 0.317 e. The number of piperazine rings is 1. The Labute approximate surface area is 117 Å². The van der Waals surface area contributed by atoms with Crippen LogP contribution in [0.25, 0.3) is 0 Å². The van der Waals surface area contributed by atoms with Crippen LogP contribution in [0.4, 0.5) is 16.4 Å². The van der Waals surface area contributed by atoms with Gasteiger partial charge in [-0.25, -0.2) is 20.6 Å². The number of nitrogens with zero attached hydrogens (tertiary/aromatic N) is 4. The number of hydrogen-bond acceptors (Lipinski definition) is 6. The van der Waals surface area contributed by atoms with Gasteiger partial charge in [0, 0.05) is 31.7 Å². The van der Waals surface area contributed by atoms with Gasteiger partial charge < -0.3 is 20.5 Å². The molecule has 0 bridgehead atoms. The lowest BCUT2D eigenvalue weighted by Crippen LogP contribution is -2.52. The summed E-state index contributed by atoms with van der Waals surface area (Å²) in [4.78, 5) is 24.5. The Balaban J connectivity index is 1.87. The maximum absolute atomic E-state index is 11.6. The first-order valence-corrected chi connectivity index (χ1v) is 6.71. The number of rotatable bonds is 2. The number of nitrogens with one attached hydrogen (secondary N) is 2. The Morgan fingerprint density at radius 2 is 2.15 bits per heavy atom. The van der Waals surface area contributed by atoms with Gasteiger partial charge in [0.05, 0.1) is 6.04 Å². The van der Waals surface area contributed by atoms with Crippen molar-refractivity contribution in [1.29, 1.82) is 0 Å². The second-order valence-electron chi connectivity index (χ2n) is 5.19. The van der Waals surface area contributed by atoms with Crippen LogP contribution in [0.5, 0.6) is 0 Å². The summed E-state index contributed by atoms with van der Waals surface area (Å²) in [5.74, 6) is 7.72. The van der Waals surface area contributed by atoms with Gasteiger partial charge in [0.25, 0.3) is 0 Å². The summed E-state index contributed by atoms with van der Waals surface area (Å²) >= 11 is 0. The number of aromatic nitrogens is 2. The number of urea groups is 1. The third-order valence-corrected chi connectivity index (χ3v) is 3.90. The molecule has 0 spiro atoms. The Morgan fingerprint density at radius 1 is 1.35 bits per heavy atom. The number of anilines is 2. The number of nitrogen functional groups attached to an aromatic ring is 1. The Morgan fingerprint density at radius 3 is 2.90 bits per heavy atom. The number of nitrogens with two attached hydrogens (primary N) is 1. The number of carbonyl (C=O) groups excluding carboxylic acids is 1. The summed E-state index contributed by atoms with van der Waals surface area (Å²) in [6.07, 6.45) is 0. The molecule has 0 radical (unpaired) electrons. The van der Waals surface area contributed by atoms with Crippen LogP contribution in [-0.4, -0.2) is 53.1 Å². The normalized spacial score (nSPS) is 21.8. The van der Waals surface area contributed by atoms with Gasteiger partial charge in [-0.3, -0.25) is 0 Å². The summed E-state index contributed by atoms with van der Waals surface area (Å²) in [6.45, 7) is 6.76. The second-order valence-corrected chi connectivity index (χ2v) is 5.19. The lowest BCUT2D eigenvalue weighted by atomic mass is 10.1. The molecule has 2 aliphatic heterocycles. The summed E-state index contributed by atoms with van der Waals surface area (Å²) in [6, 6.07) is 0.245. The molecule has 8 heteroatoms. The van der Waals surface area contributed by atoms with Crippen LogP contribution in [0.1, 0.15) is 11.4 Å². The standard InChI is InChI=1S/C12H19N7O/c1-7-10(17-13)15-8(2)16-11(7)18-3-4-19-9(6-18)5-14-12(19)20/h9H,3-6,13H2,1-2H3,(H,14,20)(H,15,16,17). The van der Waals surface area contributed by atoms with E-state index in [0.717, 1.165) is 24.5 Å². The zero-order chi connectivity index (χ0) is 14.3. The van der Waals surface area contributed by atoms with E-state index in [1.165, 1.54) is 0 Å². The number of hydrogen-bond donors (Lipinski definition) is 3. The van der Waals surface area contributed by atoms with Crippen molar-refractivity contribution in [1.82, 2.24) is 20.2 Å². The van der Waals surface area contributed by atoms with Gasteiger partial charge in [-0.2, -0.15) is 0 Å². The maximum Gasteiger partial charge on any atom is 0.317 e. The van der Waals surface area contributed by atoms with Crippen molar-refractivity contribution in [3.8, 4) is 0 Å². The number of hydrazine groups is 1. The fourth-order valence-electron chi connectivity index (χ4n) is 2.86. The minimum atomic E-state index is 0.0366. The summed E-state index contributed by atoms with van der Waals surface area (Å²) < 4.78 is 0. The van der Waals surface area contributed by atoms with Crippen LogP contribution in [0.15, 0.2) is 0 Å². The molecule has 2 fully saturated rings. The zero-order valence-corrected chi connectivity index (χ0v) is 11.7. The molecular weight excluding hydrogens is 258 g/mol. The van der Waals surface area contributed by atoms with Crippen LogP contribution in [0, 0.1) is 13.8 Å². The van der Waals surface area contributed by atoms with Crippen LogP contribution >= 0.6 is 0 Å². The topological polar surface area (TPSA) is 99.4 Å². The predicted octanol–water partition coefficient (Wildman–Crippen LogP) is -0.407. The largest absolute Gasteiger partial charge is 0.352 e. The van der Waals surface area contributed by atoms with Gasteiger partial charge in [0.2, 0.25) is 0 Å². The third kappa shape index (κ3) is 2.01. The molecule has 2 aliphatic rings. The van der Waals surface area contributed by atoms with Crippen molar-refractivity contribution < 1.29 is 4.79 Å². The minimum Gasteiger partial charge on any atom is -0.352 e. The minimum absolute atomic E-state index is 0.0366. The lowest BCUT2D eigenvalue weighted by molar-refractivity contribution is 0.197.